The topological polar surface area (TPSA) is 130 Å². The number of hydrogen-bond acceptors (Lipinski definition) is 6. The molecular formula is C22H28N4O6S. The van der Waals surface area contributed by atoms with E-state index in [4.69, 9.17) is 0 Å². The average Bonchev–Trinajstić information content (AvgIpc) is 2.78. The largest absolute Gasteiger partial charge is 0.354 e. The highest BCUT2D eigenvalue weighted by Crippen LogP contribution is 2.23. The normalized spacial score (nSPS) is 12.0. The SMILES string of the molecule is CCCNC(=O)C(C)N(Cc1ccccc1)C(=O)CN(c1cccc([N+](=O)[O-])c1)S(C)(=O)=O. The molecule has 0 spiro atoms. The maximum atomic E-state index is 13.3. The number of carbonyl (C=O) groups is 2. The molecule has 0 saturated carbocycles. The number of carbonyl (C=O) groups excluding carboxylic acids is 2. The van der Waals surface area contributed by atoms with E-state index in [9.17, 15) is 28.1 Å². The zero-order valence-corrected chi connectivity index (χ0v) is 19.6. The number of sulfonamides is 1. The number of benzene rings is 2. The van der Waals surface area contributed by atoms with Crippen molar-refractivity contribution >= 4 is 33.2 Å². The van der Waals surface area contributed by atoms with Gasteiger partial charge in [-0.2, -0.15) is 0 Å². The minimum atomic E-state index is -3.96. The van der Waals surface area contributed by atoms with Gasteiger partial charge in [0, 0.05) is 25.2 Å². The maximum absolute atomic E-state index is 13.3. The van der Waals surface area contributed by atoms with Crippen molar-refractivity contribution in [3.05, 3.63) is 70.3 Å². The molecule has 11 heteroatoms. The van der Waals surface area contributed by atoms with Crippen LogP contribution in [0.4, 0.5) is 11.4 Å². The molecular weight excluding hydrogens is 448 g/mol. The zero-order chi connectivity index (χ0) is 24.6. The summed E-state index contributed by atoms with van der Waals surface area (Å²) >= 11 is 0. The molecule has 2 aromatic carbocycles. The monoisotopic (exact) mass is 476 g/mol. The summed E-state index contributed by atoms with van der Waals surface area (Å²) in [4.78, 5) is 37.7. The Morgan fingerprint density at radius 2 is 1.79 bits per heavy atom. The summed E-state index contributed by atoms with van der Waals surface area (Å²) in [6, 6.07) is 13.2. The van der Waals surface area contributed by atoms with Gasteiger partial charge in [0.15, 0.2) is 0 Å². The van der Waals surface area contributed by atoms with Gasteiger partial charge < -0.3 is 10.2 Å². The minimum Gasteiger partial charge on any atom is -0.354 e. The molecule has 1 N–H and O–H groups in total. The Morgan fingerprint density at radius 3 is 2.36 bits per heavy atom. The van der Waals surface area contributed by atoms with Gasteiger partial charge in [-0.15, -0.1) is 0 Å². The lowest BCUT2D eigenvalue weighted by atomic mass is 10.1. The molecule has 0 fully saturated rings. The van der Waals surface area contributed by atoms with Crippen LogP contribution in [-0.2, 0) is 26.2 Å². The molecule has 0 radical (unpaired) electrons. The fourth-order valence-electron chi connectivity index (χ4n) is 3.13. The van der Waals surface area contributed by atoms with E-state index >= 15 is 0 Å². The van der Waals surface area contributed by atoms with E-state index < -0.39 is 33.4 Å². The molecule has 0 saturated heterocycles. The molecule has 0 aliphatic heterocycles. The van der Waals surface area contributed by atoms with Gasteiger partial charge in [-0.1, -0.05) is 43.3 Å². The second-order valence-electron chi connectivity index (χ2n) is 7.52. The molecule has 0 bridgehead atoms. The summed E-state index contributed by atoms with van der Waals surface area (Å²) in [6.45, 7) is 3.40. The summed E-state index contributed by atoms with van der Waals surface area (Å²) in [5, 5.41) is 13.9. The molecule has 0 aliphatic rings. The molecule has 1 atom stereocenters. The highest BCUT2D eigenvalue weighted by atomic mass is 32.2. The average molecular weight is 477 g/mol. The predicted octanol–water partition coefficient (Wildman–Crippen LogP) is 2.30. The smallest absolute Gasteiger partial charge is 0.271 e. The van der Waals surface area contributed by atoms with Crippen LogP contribution in [0.5, 0.6) is 0 Å². The third-order valence-corrected chi connectivity index (χ3v) is 6.06. The van der Waals surface area contributed by atoms with E-state index in [0.29, 0.717) is 6.54 Å². The Bertz CT molecular complexity index is 1090. The van der Waals surface area contributed by atoms with Crippen LogP contribution in [0, 0.1) is 10.1 Å². The maximum Gasteiger partial charge on any atom is 0.271 e. The second-order valence-corrected chi connectivity index (χ2v) is 9.43. The van der Waals surface area contributed by atoms with E-state index in [0.717, 1.165) is 28.6 Å². The first-order valence-corrected chi connectivity index (χ1v) is 12.2. The molecule has 2 aromatic rings. The third kappa shape index (κ3) is 7.28. The summed E-state index contributed by atoms with van der Waals surface area (Å²) in [5.41, 5.74) is 0.451. The number of nitrogens with one attached hydrogen (secondary N) is 1. The van der Waals surface area contributed by atoms with Gasteiger partial charge in [0.2, 0.25) is 21.8 Å². The van der Waals surface area contributed by atoms with E-state index in [1.165, 1.54) is 23.1 Å². The molecule has 1 unspecified atom stereocenters. The molecule has 10 nitrogen and oxygen atoms in total. The minimum absolute atomic E-state index is 0.0113. The second kappa shape index (κ2) is 11.4. The van der Waals surface area contributed by atoms with Crippen molar-refractivity contribution in [3.8, 4) is 0 Å². The Balaban J connectivity index is 2.38. The van der Waals surface area contributed by atoms with Crippen molar-refractivity contribution in [1.82, 2.24) is 10.2 Å². The number of rotatable bonds is 11. The van der Waals surface area contributed by atoms with E-state index in [1.54, 1.807) is 31.2 Å². The van der Waals surface area contributed by atoms with Crippen LogP contribution in [0.15, 0.2) is 54.6 Å². The molecule has 33 heavy (non-hydrogen) atoms. The Hall–Kier alpha value is -3.47. The number of nitro groups is 1. The molecule has 178 valence electrons. The summed E-state index contributed by atoms with van der Waals surface area (Å²) in [7, 11) is -3.96. The molecule has 0 aliphatic carbocycles. The first kappa shape index (κ1) is 25.8. The van der Waals surface area contributed by atoms with Gasteiger partial charge in [-0.25, -0.2) is 8.42 Å². The van der Waals surface area contributed by atoms with Crippen LogP contribution in [0.25, 0.3) is 0 Å². The lowest BCUT2D eigenvalue weighted by molar-refractivity contribution is -0.384. The number of non-ortho nitro benzene ring substituents is 1. The summed E-state index contributed by atoms with van der Waals surface area (Å²) < 4.78 is 25.8. The van der Waals surface area contributed by atoms with Gasteiger partial charge >= 0.3 is 0 Å². The first-order chi connectivity index (χ1) is 15.5. The van der Waals surface area contributed by atoms with Crippen LogP contribution in [-0.4, -0.2) is 55.4 Å². The van der Waals surface area contributed by atoms with E-state index in [1.807, 2.05) is 13.0 Å². The van der Waals surface area contributed by atoms with Gasteiger partial charge in [0.05, 0.1) is 16.9 Å². The quantitative estimate of drug-likeness (QED) is 0.391. The Kier molecular flexibility index (Phi) is 8.92. The van der Waals surface area contributed by atoms with Crippen molar-refractivity contribution in [2.45, 2.75) is 32.9 Å². The van der Waals surface area contributed by atoms with Crippen molar-refractivity contribution < 1.29 is 22.9 Å². The molecule has 2 rings (SSSR count). The predicted molar refractivity (Wildman–Crippen MR) is 125 cm³/mol. The highest BCUT2D eigenvalue weighted by Gasteiger charge is 2.30. The van der Waals surface area contributed by atoms with Crippen molar-refractivity contribution in [2.75, 3.05) is 23.7 Å². The van der Waals surface area contributed by atoms with Crippen LogP contribution in [0.1, 0.15) is 25.8 Å². The van der Waals surface area contributed by atoms with Crippen LogP contribution in [0.3, 0.4) is 0 Å². The lowest BCUT2D eigenvalue weighted by Gasteiger charge is -2.31. The highest BCUT2D eigenvalue weighted by molar-refractivity contribution is 7.92. The lowest BCUT2D eigenvalue weighted by Crippen LogP contribution is -2.51. The van der Waals surface area contributed by atoms with Crippen LogP contribution in [0.2, 0.25) is 0 Å². The van der Waals surface area contributed by atoms with Gasteiger partial charge in [-0.05, 0) is 25.0 Å². The van der Waals surface area contributed by atoms with E-state index in [2.05, 4.69) is 5.32 Å². The van der Waals surface area contributed by atoms with Gasteiger partial charge in [0.25, 0.3) is 5.69 Å². The number of nitro benzene ring substituents is 1. The standard InChI is InChI=1S/C22H28N4O6S/c1-4-13-23-22(28)17(2)24(15-18-9-6-5-7-10-18)21(27)16-25(33(3,31)32)19-11-8-12-20(14-19)26(29)30/h5-12,14,17H,4,13,15-16H2,1-3H3,(H,23,28). The summed E-state index contributed by atoms with van der Waals surface area (Å²) in [5.74, 6) is -0.975. The number of anilines is 1. The van der Waals surface area contributed by atoms with Crippen molar-refractivity contribution in [3.63, 3.8) is 0 Å². The van der Waals surface area contributed by atoms with Gasteiger partial charge in [-0.3, -0.25) is 24.0 Å². The zero-order valence-electron chi connectivity index (χ0n) is 18.8. The molecule has 0 aromatic heterocycles. The summed E-state index contributed by atoms with van der Waals surface area (Å²) in [6.07, 6.45) is 1.64. The van der Waals surface area contributed by atoms with Crippen LogP contribution >= 0.6 is 0 Å². The van der Waals surface area contributed by atoms with Crippen molar-refractivity contribution in [1.29, 1.82) is 0 Å². The third-order valence-electron chi connectivity index (χ3n) is 4.92. The Morgan fingerprint density at radius 1 is 1.12 bits per heavy atom. The first-order valence-electron chi connectivity index (χ1n) is 10.4. The fourth-order valence-corrected chi connectivity index (χ4v) is 3.98. The van der Waals surface area contributed by atoms with Crippen LogP contribution < -0.4 is 9.62 Å². The Labute approximate surface area is 193 Å². The fraction of sp³-hybridized carbons (Fsp3) is 0.364. The molecule has 2 amide bonds. The van der Waals surface area contributed by atoms with E-state index in [-0.39, 0.29) is 23.8 Å². The molecule has 0 heterocycles. The number of hydrogen-bond donors (Lipinski definition) is 1. The van der Waals surface area contributed by atoms with Crippen molar-refractivity contribution in [2.24, 2.45) is 0 Å². The van der Waals surface area contributed by atoms with Gasteiger partial charge in [0.1, 0.15) is 12.6 Å². The number of nitrogens with zero attached hydrogens (tertiary/aromatic N) is 3. The number of amides is 2.